The van der Waals surface area contributed by atoms with E-state index < -0.39 is 20.0 Å². The molecule has 61 heavy (non-hydrogen) atoms. The fraction of sp³-hybridized carbons (Fsp3) is 0.788. The van der Waals surface area contributed by atoms with Crippen molar-refractivity contribution in [3.05, 3.63) is 60.8 Å². The quantitative estimate of drug-likeness (QED) is 0.0244. The molecule has 0 heterocycles. The number of nitrogens with one attached hydrogen (secondary N) is 1. The van der Waals surface area contributed by atoms with Crippen molar-refractivity contribution < 1.29 is 32.9 Å². The Bertz CT molecular complexity index is 1180. The summed E-state index contributed by atoms with van der Waals surface area (Å²) in [4.78, 5) is 22.9. The van der Waals surface area contributed by atoms with E-state index in [1.54, 1.807) is 6.08 Å². The van der Waals surface area contributed by atoms with Crippen LogP contribution in [0.4, 0.5) is 0 Å². The lowest BCUT2D eigenvalue weighted by Gasteiger charge is -2.25. The van der Waals surface area contributed by atoms with E-state index in [4.69, 9.17) is 9.05 Å². The maximum atomic E-state index is 12.7. The molecule has 0 saturated carbocycles. The van der Waals surface area contributed by atoms with Crippen molar-refractivity contribution >= 4 is 13.7 Å². The number of amides is 1. The van der Waals surface area contributed by atoms with Gasteiger partial charge in [0, 0.05) is 6.42 Å². The maximum Gasteiger partial charge on any atom is 0.472 e. The summed E-state index contributed by atoms with van der Waals surface area (Å²) >= 11 is 0. The second-order valence-corrected chi connectivity index (χ2v) is 19.6. The number of unbranched alkanes of at least 4 members (excludes halogenated alkanes) is 24. The van der Waals surface area contributed by atoms with E-state index in [1.807, 2.05) is 27.2 Å². The van der Waals surface area contributed by atoms with Crippen LogP contribution in [0.15, 0.2) is 60.8 Å². The van der Waals surface area contributed by atoms with Crippen LogP contribution in [-0.2, 0) is 18.4 Å². The van der Waals surface area contributed by atoms with Gasteiger partial charge >= 0.3 is 7.82 Å². The number of hydrogen-bond acceptors (Lipinski definition) is 5. The molecule has 0 aliphatic carbocycles. The molecule has 0 aliphatic rings. The zero-order chi connectivity index (χ0) is 45.0. The Kier molecular flexibility index (Phi) is 42.2. The number of allylic oxidation sites excluding steroid dienone is 9. The van der Waals surface area contributed by atoms with E-state index in [0.717, 1.165) is 64.2 Å². The number of nitrogens with zero attached hydrogens (tertiary/aromatic N) is 1. The third-order valence-electron chi connectivity index (χ3n) is 11.0. The molecule has 0 rings (SSSR count). The molecule has 0 saturated heterocycles. The predicted molar refractivity (Wildman–Crippen MR) is 263 cm³/mol. The smallest absolute Gasteiger partial charge is 0.387 e. The largest absolute Gasteiger partial charge is 0.472 e. The first-order valence-corrected chi connectivity index (χ1v) is 26.7. The van der Waals surface area contributed by atoms with E-state index in [9.17, 15) is 19.4 Å². The summed E-state index contributed by atoms with van der Waals surface area (Å²) in [6.07, 6.45) is 58.3. The van der Waals surface area contributed by atoms with Crippen LogP contribution in [0, 0.1) is 0 Å². The molecule has 356 valence electrons. The van der Waals surface area contributed by atoms with Gasteiger partial charge in [-0.3, -0.25) is 13.8 Å². The highest BCUT2D eigenvalue weighted by Crippen LogP contribution is 2.43. The minimum Gasteiger partial charge on any atom is -0.387 e. The van der Waals surface area contributed by atoms with Crippen LogP contribution in [0.1, 0.15) is 213 Å². The third-order valence-corrected chi connectivity index (χ3v) is 12.0. The van der Waals surface area contributed by atoms with Crippen LogP contribution in [0.2, 0.25) is 0 Å². The number of carbonyl (C=O) groups excluding carboxylic acids is 1. The fourth-order valence-electron chi connectivity index (χ4n) is 7.02. The normalized spacial score (nSPS) is 14.7. The van der Waals surface area contributed by atoms with Crippen molar-refractivity contribution in [1.29, 1.82) is 0 Å². The lowest BCUT2D eigenvalue weighted by Crippen LogP contribution is -2.45. The maximum absolute atomic E-state index is 12.7. The molecule has 1 amide bonds. The van der Waals surface area contributed by atoms with Crippen LogP contribution in [0.25, 0.3) is 0 Å². The number of phosphoric acid groups is 1. The summed E-state index contributed by atoms with van der Waals surface area (Å²) in [6.45, 7) is 4.55. The first-order valence-electron chi connectivity index (χ1n) is 25.2. The van der Waals surface area contributed by atoms with Crippen LogP contribution >= 0.6 is 7.82 Å². The molecule has 0 aliphatic heterocycles. The number of phosphoric ester groups is 1. The average molecular weight is 878 g/mol. The molecule has 0 aromatic carbocycles. The standard InChI is InChI=1S/C52H97N2O6P/c1-6-8-10-12-13-14-15-16-17-18-19-20-21-22-23-24-25-26-27-28-29-30-31-32-33-34-35-36-37-38-39-40-41-42-44-46-52(56)53-50(51(55)45-43-11-9-7-2)49-60-61(57,58)59-48-47-54(3,4)5/h8,10,13-14,16-17,19-20,43,45,50-51,55H,6-7,9,11-12,15,18,21-42,44,46-49H2,1-5H3,(H-,53,56,57,58)/p+1/b10-8-,14-13-,17-16-,20-19-,45-43+. The van der Waals surface area contributed by atoms with Crippen LogP contribution in [0.5, 0.6) is 0 Å². The van der Waals surface area contributed by atoms with Gasteiger partial charge in [-0.1, -0.05) is 216 Å². The van der Waals surface area contributed by atoms with Gasteiger partial charge in [0.05, 0.1) is 39.9 Å². The van der Waals surface area contributed by atoms with Gasteiger partial charge < -0.3 is 19.8 Å². The Balaban J connectivity index is 3.73. The van der Waals surface area contributed by atoms with Crippen LogP contribution < -0.4 is 5.32 Å². The molecule has 0 spiro atoms. The first kappa shape index (κ1) is 59.2. The summed E-state index contributed by atoms with van der Waals surface area (Å²) < 4.78 is 23.3. The minimum atomic E-state index is -4.32. The highest BCUT2D eigenvalue weighted by Gasteiger charge is 2.27. The zero-order valence-corrected chi connectivity index (χ0v) is 41.3. The van der Waals surface area contributed by atoms with Gasteiger partial charge in [0.25, 0.3) is 0 Å². The van der Waals surface area contributed by atoms with E-state index in [0.29, 0.717) is 17.4 Å². The Morgan fingerprint density at radius 3 is 1.43 bits per heavy atom. The predicted octanol–water partition coefficient (Wildman–Crippen LogP) is 14.6. The number of rotatable bonds is 45. The van der Waals surface area contributed by atoms with E-state index in [1.165, 1.54) is 128 Å². The van der Waals surface area contributed by atoms with E-state index >= 15 is 0 Å². The average Bonchev–Trinajstić information content (AvgIpc) is 3.21. The van der Waals surface area contributed by atoms with Crippen LogP contribution in [0.3, 0.4) is 0 Å². The number of quaternary nitrogens is 1. The number of likely N-dealkylation sites (N-methyl/N-ethyl adjacent to an activating group) is 1. The monoisotopic (exact) mass is 878 g/mol. The molecular formula is C52H98N2O6P+. The third kappa shape index (κ3) is 46.0. The van der Waals surface area contributed by atoms with Crippen molar-refractivity contribution in [3.8, 4) is 0 Å². The van der Waals surface area contributed by atoms with Crippen molar-refractivity contribution in [2.45, 2.75) is 225 Å². The van der Waals surface area contributed by atoms with Gasteiger partial charge in [-0.15, -0.1) is 0 Å². The Morgan fingerprint density at radius 1 is 0.574 bits per heavy atom. The first-order chi connectivity index (χ1) is 29.5. The number of aliphatic hydroxyl groups is 1. The van der Waals surface area contributed by atoms with Gasteiger partial charge in [0.15, 0.2) is 0 Å². The molecular weight excluding hydrogens is 780 g/mol. The minimum absolute atomic E-state index is 0.0602. The molecule has 3 N–H and O–H groups in total. The molecule has 9 heteroatoms. The molecule has 3 unspecified atom stereocenters. The summed E-state index contributed by atoms with van der Waals surface area (Å²) in [5.74, 6) is -0.185. The topological polar surface area (TPSA) is 105 Å². The van der Waals surface area contributed by atoms with Gasteiger partial charge in [-0.25, -0.2) is 4.57 Å². The van der Waals surface area contributed by atoms with Gasteiger partial charge in [-0.2, -0.15) is 0 Å². The van der Waals surface area contributed by atoms with E-state index in [2.05, 4.69) is 67.8 Å². The zero-order valence-electron chi connectivity index (χ0n) is 40.4. The number of carbonyl (C=O) groups is 1. The van der Waals surface area contributed by atoms with Crippen molar-refractivity contribution in [1.82, 2.24) is 5.32 Å². The lowest BCUT2D eigenvalue weighted by atomic mass is 10.0. The second-order valence-electron chi connectivity index (χ2n) is 18.2. The number of aliphatic hydroxyl groups excluding tert-OH is 1. The number of hydrogen-bond donors (Lipinski definition) is 3. The summed E-state index contributed by atoms with van der Waals surface area (Å²) in [6, 6.07) is -0.841. The highest BCUT2D eigenvalue weighted by molar-refractivity contribution is 7.47. The lowest BCUT2D eigenvalue weighted by molar-refractivity contribution is -0.870. The summed E-state index contributed by atoms with van der Waals surface area (Å²) in [5, 5.41) is 13.6. The summed E-state index contributed by atoms with van der Waals surface area (Å²) in [5.41, 5.74) is 0. The molecule has 0 aromatic heterocycles. The van der Waals surface area contributed by atoms with Gasteiger partial charge in [0.2, 0.25) is 5.91 Å². The Hall–Kier alpha value is -1.80. The van der Waals surface area contributed by atoms with Crippen molar-refractivity contribution in [2.24, 2.45) is 0 Å². The molecule has 0 radical (unpaired) electrons. The molecule has 0 aromatic rings. The van der Waals surface area contributed by atoms with Gasteiger partial charge in [-0.05, 0) is 51.4 Å². The summed E-state index contributed by atoms with van der Waals surface area (Å²) in [7, 11) is 1.57. The van der Waals surface area contributed by atoms with Crippen molar-refractivity contribution in [3.63, 3.8) is 0 Å². The van der Waals surface area contributed by atoms with E-state index in [-0.39, 0.29) is 19.1 Å². The SMILES string of the molecule is CC/C=C\C/C=C\C/C=C\C/C=C\CCCCCCCCCCCCCCCCCCCCCCCCC(=O)NC(COP(=O)(O)OCC[N+](C)(C)C)C(O)/C=C/CCCC. The highest BCUT2D eigenvalue weighted by atomic mass is 31.2. The Morgan fingerprint density at radius 2 is 0.984 bits per heavy atom. The second kappa shape index (κ2) is 43.5. The van der Waals surface area contributed by atoms with Gasteiger partial charge in [0.1, 0.15) is 13.2 Å². The van der Waals surface area contributed by atoms with Crippen molar-refractivity contribution in [2.75, 3.05) is 40.9 Å². The molecule has 0 fully saturated rings. The molecule has 3 atom stereocenters. The molecule has 0 bridgehead atoms. The molecule has 8 nitrogen and oxygen atoms in total. The Labute approximate surface area is 377 Å². The fourth-order valence-corrected chi connectivity index (χ4v) is 7.75. The van der Waals surface area contributed by atoms with Crippen LogP contribution in [-0.4, -0.2) is 73.4 Å².